The van der Waals surface area contributed by atoms with Crippen molar-refractivity contribution in [2.75, 3.05) is 76.1 Å². The van der Waals surface area contributed by atoms with Gasteiger partial charge in [0.05, 0.1) is 5.52 Å². The third kappa shape index (κ3) is 5.01. The summed E-state index contributed by atoms with van der Waals surface area (Å²) < 4.78 is 0. The predicted molar refractivity (Wildman–Crippen MR) is 153 cm³/mol. The fourth-order valence-electron chi connectivity index (χ4n) is 5.38. The highest BCUT2D eigenvalue weighted by molar-refractivity contribution is 5.92. The van der Waals surface area contributed by atoms with E-state index in [4.69, 9.17) is 9.97 Å². The Balaban J connectivity index is 1.45. The van der Waals surface area contributed by atoms with Crippen molar-refractivity contribution in [3.63, 3.8) is 0 Å². The molecule has 0 radical (unpaired) electrons. The molecule has 0 atom stereocenters. The number of anilines is 3. The molecule has 6 heteroatoms. The van der Waals surface area contributed by atoms with Gasteiger partial charge in [-0.15, -0.1) is 0 Å². The van der Waals surface area contributed by atoms with Crippen LogP contribution >= 0.6 is 0 Å². The van der Waals surface area contributed by atoms with Gasteiger partial charge in [0, 0.05) is 69.5 Å². The zero-order chi connectivity index (χ0) is 25.4. The van der Waals surface area contributed by atoms with E-state index in [0.717, 1.165) is 56.2 Å². The number of nitrogens with zero attached hydrogens (tertiary/aromatic N) is 6. The number of piperidine rings is 1. The van der Waals surface area contributed by atoms with Gasteiger partial charge in [0.1, 0.15) is 11.6 Å². The summed E-state index contributed by atoms with van der Waals surface area (Å²) in [6.07, 6.45) is 4.66. The van der Waals surface area contributed by atoms with Crippen LogP contribution in [-0.2, 0) is 5.41 Å². The maximum absolute atomic E-state index is 5.26. The van der Waals surface area contributed by atoms with Gasteiger partial charge < -0.3 is 19.6 Å². The molecule has 0 bridgehead atoms. The minimum absolute atomic E-state index is 0.146. The van der Waals surface area contributed by atoms with E-state index >= 15 is 0 Å². The zero-order valence-corrected chi connectivity index (χ0v) is 23.0. The molecule has 0 N–H and O–H groups in total. The summed E-state index contributed by atoms with van der Waals surface area (Å²) in [4.78, 5) is 19.7. The Bertz CT molecular complexity index is 1210. The molecule has 0 amide bonds. The van der Waals surface area contributed by atoms with Crippen molar-refractivity contribution in [2.45, 2.75) is 43.9 Å². The Labute approximate surface area is 216 Å². The normalized spacial score (nSPS) is 17.6. The second-order valence-electron chi connectivity index (χ2n) is 11.6. The molecule has 1 aliphatic heterocycles. The van der Waals surface area contributed by atoms with E-state index in [0.29, 0.717) is 5.92 Å². The molecule has 1 aliphatic carbocycles. The topological polar surface area (TPSA) is 38.7 Å². The fraction of sp³-hybridized carbons (Fsp3) is 0.533. The molecule has 5 rings (SSSR count). The molecule has 2 aliphatic rings. The standard InChI is InChI=1S/C30H42N6/c1-30(15-16-30)29-31-26-12-11-23(35(6)20-19-33(2)3)21-25(26)28(32-29)36-17-13-22(14-18-36)24-9-7-8-10-27(24)34(4)5/h7-12,21-22H,13-20H2,1-6H3. The summed E-state index contributed by atoms with van der Waals surface area (Å²) >= 11 is 0. The fourth-order valence-corrected chi connectivity index (χ4v) is 5.38. The van der Waals surface area contributed by atoms with Crippen molar-refractivity contribution in [2.24, 2.45) is 0 Å². The molecule has 1 saturated heterocycles. The van der Waals surface area contributed by atoms with E-state index in [9.17, 15) is 0 Å². The highest BCUT2D eigenvalue weighted by Gasteiger charge is 2.42. The van der Waals surface area contributed by atoms with Gasteiger partial charge in [0.2, 0.25) is 0 Å². The largest absolute Gasteiger partial charge is 0.377 e. The van der Waals surface area contributed by atoms with Crippen molar-refractivity contribution in [1.82, 2.24) is 14.9 Å². The van der Waals surface area contributed by atoms with Crippen LogP contribution in [0.5, 0.6) is 0 Å². The van der Waals surface area contributed by atoms with Gasteiger partial charge in [-0.3, -0.25) is 0 Å². The molecule has 1 aromatic heterocycles. The van der Waals surface area contributed by atoms with Crippen LogP contribution in [0.1, 0.15) is 49.9 Å². The van der Waals surface area contributed by atoms with Crippen LogP contribution in [0.4, 0.5) is 17.2 Å². The quantitative estimate of drug-likeness (QED) is 0.440. The lowest BCUT2D eigenvalue weighted by Crippen LogP contribution is -2.34. The van der Waals surface area contributed by atoms with Gasteiger partial charge in [-0.1, -0.05) is 25.1 Å². The number of rotatable bonds is 8. The van der Waals surface area contributed by atoms with Crippen LogP contribution in [0.2, 0.25) is 0 Å². The number of likely N-dealkylation sites (N-methyl/N-ethyl adjacent to an activating group) is 2. The lowest BCUT2D eigenvalue weighted by atomic mass is 9.88. The number of fused-ring (bicyclic) bond motifs is 1. The number of hydrogen-bond acceptors (Lipinski definition) is 6. The van der Waals surface area contributed by atoms with Gasteiger partial charge in [-0.2, -0.15) is 0 Å². The van der Waals surface area contributed by atoms with E-state index in [1.165, 1.54) is 35.2 Å². The van der Waals surface area contributed by atoms with Gasteiger partial charge in [-0.25, -0.2) is 9.97 Å². The minimum atomic E-state index is 0.146. The first kappa shape index (κ1) is 24.8. The SMILES string of the molecule is CN(C)CCN(C)c1ccc2nc(C3(C)CC3)nc(N3CCC(c4ccccc4N(C)C)CC3)c2c1. The van der Waals surface area contributed by atoms with E-state index in [2.05, 4.69) is 104 Å². The first-order valence-corrected chi connectivity index (χ1v) is 13.4. The Morgan fingerprint density at radius 1 is 0.917 bits per heavy atom. The van der Waals surface area contributed by atoms with Gasteiger partial charge >= 0.3 is 0 Å². The highest BCUT2D eigenvalue weighted by Crippen LogP contribution is 2.47. The second-order valence-corrected chi connectivity index (χ2v) is 11.6. The molecular formula is C30H42N6. The number of para-hydroxylation sites is 1. The Morgan fingerprint density at radius 2 is 1.64 bits per heavy atom. The van der Waals surface area contributed by atoms with E-state index < -0.39 is 0 Å². The summed E-state index contributed by atoms with van der Waals surface area (Å²) in [5.74, 6) is 2.74. The van der Waals surface area contributed by atoms with Crippen LogP contribution in [0, 0.1) is 0 Å². The smallest absolute Gasteiger partial charge is 0.140 e. The van der Waals surface area contributed by atoms with E-state index in [1.54, 1.807) is 0 Å². The monoisotopic (exact) mass is 486 g/mol. The van der Waals surface area contributed by atoms with Crippen molar-refractivity contribution in [3.8, 4) is 0 Å². The molecule has 36 heavy (non-hydrogen) atoms. The average Bonchev–Trinajstić information content (AvgIpc) is 3.64. The predicted octanol–water partition coefficient (Wildman–Crippen LogP) is 5.13. The van der Waals surface area contributed by atoms with Crippen LogP contribution in [0.25, 0.3) is 10.9 Å². The van der Waals surface area contributed by atoms with E-state index in [1.807, 2.05) is 0 Å². The minimum Gasteiger partial charge on any atom is -0.377 e. The molecule has 2 aromatic carbocycles. The maximum atomic E-state index is 5.26. The van der Waals surface area contributed by atoms with Crippen LogP contribution in [-0.4, -0.2) is 76.3 Å². The molecule has 6 nitrogen and oxygen atoms in total. The van der Waals surface area contributed by atoms with Crippen LogP contribution < -0.4 is 14.7 Å². The van der Waals surface area contributed by atoms with Gasteiger partial charge in [-0.05, 0) is 75.5 Å². The molecule has 192 valence electrons. The Hall–Kier alpha value is -2.86. The maximum Gasteiger partial charge on any atom is 0.140 e. The first-order valence-electron chi connectivity index (χ1n) is 13.4. The number of hydrogen-bond donors (Lipinski definition) is 0. The van der Waals surface area contributed by atoms with Crippen molar-refractivity contribution < 1.29 is 0 Å². The number of benzene rings is 2. The Morgan fingerprint density at radius 3 is 2.31 bits per heavy atom. The van der Waals surface area contributed by atoms with Gasteiger partial charge in [0.15, 0.2) is 0 Å². The third-order valence-corrected chi connectivity index (χ3v) is 8.18. The summed E-state index contributed by atoms with van der Waals surface area (Å²) in [5.41, 5.74) is 5.28. The first-order chi connectivity index (χ1) is 17.2. The molecule has 3 aromatic rings. The molecule has 0 unspecified atom stereocenters. The molecule has 0 spiro atoms. The molecule has 1 saturated carbocycles. The Kier molecular flexibility index (Phi) is 6.82. The summed E-state index contributed by atoms with van der Waals surface area (Å²) in [5, 5.41) is 1.18. The summed E-state index contributed by atoms with van der Waals surface area (Å²) in [6, 6.07) is 15.6. The zero-order valence-electron chi connectivity index (χ0n) is 23.0. The van der Waals surface area contributed by atoms with E-state index in [-0.39, 0.29) is 5.41 Å². The molecule has 2 heterocycles. The molecule has 2 fully saturated rings. The van der Waals surface area contributed by atoms with Crippen LogP contribution in [0.3, 0.4) is 0 Å². The van der Waals surface area contributed by atoms with Gasteiger partial charge in [0.25, 0.3) is 0 Å². The van der Waals surface area contributed by atoms with Crippen molar-refractivity contribution in [1.29, 1.82) is 0 Å². The van der Waals surface area contributed by atoms with Crippen LogP contribution in [0.15, 0.2) is 42.5 Å². The second kappa shape index (κ2) is 9.89. The summed E-state index contributed by atoms with van der Waals surface area (Å²) in [6.45, 7) is 6.37. The average molecular weight is 487 g/mol. The highest BCUT2D eigenvalue weighted by atomic mass is 15.2. The van der Waals surface area contributed by atoms with Crippen molar-refractivity contribution in [3.05, 3.63) is 53.9 Å². The third-order valence-electron chi connectivity index (χ3n) is 8.18. The summed E-state index contributed by atoms with van der Waals surface area (Å²) in [7, 11) is 10.7. The number of aromatic nitrogens is 2. The lowest BCUT2D eigenvalue weighted by Gasteiger charge is -2.35. The lowest BCUT2D eigenvalue weighted by molar-refractivity contribution is 0.416. The van der Waals surface area contributed by atoms with Crippen molar-refractivity contribution >= 4 is 28.1 Å². The molecular weight excluding hydrogens is 444 g/mol.